The van der Waals surface area contributed by atoms with Gasteiger partial charge in [0.1, 0.15) is 23.0 Å². The summed E-state index contributed by atoms with van der Waals surface area (Å²) in [6.07, 6.45) is 6.15. The molecule has 5 nitrogen and oxygen atoms in total. The summed E-state index contributed by atoms with van der Waals surface area (Å²) in [5.74, 6) is 0.548. The van der Waals surface area contributed by atoms with E-state index >= 15 is 0 Å². The fourth-order valence-corrected chi connectivity index (χ4v) is 2.67. The van der Waals surface area contributed by atoms with Gasteiger partial charge in [0.05, 0.1) is 13.2 Å². The number of nitrogens with zero attached hydrogens (tertiary/aromatic N) is 1. The van der Waals surface area contributed by atoms with E-state index in [2.05, 4.69) is 11.4 Å². The van der Waals surface area contributed by atoms with Crippen molar-refractivity contribution in [1.82, 2.24) is 5.32 Å². The molecule has 2 unspecified atom stereocenters. The maximum Gasteiger partial charge on any atom is 0.120 e. The third-order valence-corrected chi connectivity index (χ3v) is 4.14. The van der Waals surface area contributed by atoms with Crippen LogP contribution in [0.5, 0.6) is 5.75 Å². The molecular weight excluding hydrogens is 292 g/mol. The summed E-state index contributed by atoms with van der Waals surface area (Å²) >= 11 is 0. The van der Waals surface area contributed by atoms with Gasteiger partial charge in [-0.1, -0.05) is 18.2 Å². The van der Waals surface area contributed by atoms with Crippen LogP contribution >= 0.6 is 0 Å². The average Bonchev–Trinajstić information content (AvgIpc) is 2.60. The van der Waals surface area contributed by atoms with Gasteiger partial charge in [-0.05, 0) is 37.3 Å². The van der Waals surface area contributed by atoms with Crippen molar-refractivity contribution >= 4 is 0 Å². The van der Waals surface area contributed by atoms with E-state index in [1.54, 1.807) is 32.4 Å². The number of phenols is 1. The van der Waals surface area contributed by atoms with E-state index in [1.165, 1.54) is 0 Å². The van der Waals surface area contributed by atoms with Gasteiger partial charge in [0.25, 0.3) is 0 Å². The SMILES string of the molecule is COC1=CC(C#N)C(CCNCc2ccccc2O)(OC)C=C1. The van der Waals surface area contributed by atoms with Gasteiger partial charge < -0.3 is 19.9 Å². The number of aromatic hydroxyl groups is 1. The van der Waals surface area contributed by atoms with Crippen molar-refractivity contribution in [3.8, 4) is 11.8 Å². The van der Waals surface area contributed by atoms with E-state index in [4.69, 9.17) is 9.47 Å². The van der Waals surface area contributed by atoms with Gasteiger partial charge in [0.2, 0.25) is 0 Å². The molecule has 2 N–H and O–H groups in total. The minimum Gasteiger partial charge on any atom is -0.508 e. The molecule has 1 aliphatic rings. The predicted octanol–water partition coefficient (Wildman–Crippen LogP) is 2.50. The van der Waals surface area contributed by atoms with Crippen molar-refractivity contribution in [3.05, 3.63) is 53.8 Å². The molecule has 0 fully saturated rings. The topological polar surface area (TPSA) is 74.5 Å². The Labute approximate surface area is 136 Å². The zero-order valence-corrected chi connectivity index (χ0v) is 13.5. The molecule has 122 valence electrons. The zero-order valence-electron chi connectivity index (χ0n) is 13.5. The summed E-state index contributed by atoms with van der Waals surface area (Å²) in [5, 5.41) is 22.5. The molecule has 0 aliphatic heterocycles. The highest BCUT2D eigenvalue weighted by Crippen LogP contribution is 2.33. The molecule has 1 aliphatic carbocycles. The maximum absolute atomic E-state index is 9.75. The fraction of sp³-hybridized carbons (Fsp3) is 0.389. The van der Waals surface area contributed by atoms with E-state index < -0.39 is 11.5 Å². The summed E-state index contributed by atoms with van der Waals surface area (Å²) in [4.78, 5) is 0. The third-order valence-electron chi connectivity index (χ3n) is 4.14. The molecule has 1 aromatic rings. The number of methoxy groups -OCH3 is 2. The first-order valence-corrected chi connectivity index (χ1v) is 7.52. The van der Waals surface area contributed by atoms with Gasteiger partial charge in [0.15, 0.2) is 0 Å². The van der Waals surface area contributed by atoms with Crippen LogP contribution in [-0.2, 0) is 16.0 Å². The van der Waals surface area contributed by atoms with E-state index in [0.29, 0.717) is 25.3 Å². The van der Waals surface area contributed by atoms with E-state index in [1.807, 2.05) is 24.3 Å². The smallest absolute Gasteiger partial charge is 0.120 e. The van der Waals surface area contributed by atoms with Crippen LogP contribution in [0.25, 0.3) is 0 Å². The number of nitrogens with one attached hydrogen (secondary N) is 1. The van der Waals surface area contributed by atoms with Crippen LogP contribution in [-0.4, -0.2) is 31.5 Å². The molecule has 2 atom stereocenters. The standard InChI is InChI=1S/C18H22N2O3/c1-22-16-7-8-18(23-2,15(11-16)12-19)9-10-20-13-14-5-3-4-6-17(14)21/h3-8,11,15,20-21H,9-10,13H2,1-2H3. The monoisotopic (exact) mass is 314 g/mol. The summed E-state index contributed by atoms with van der Waals surface area (Å²) < 4.78 is 10.8. The zero-order chi connectivity index (χ0) is 16.7. The van der Waals surface area contributed by atoms with Crippen molar-refractivity contribution in [2.75, 3.05) is 20.8 Å². The van der Waals surface area contributed by atoms with Crippen molar-refractivity contribution in [1.29, 1.82) is 5.26 Å². The van der Waals surface area contributed by atoms with E-state index in [0.717, 1.165) is 5.56 Å². The number of para-hydroxylation sites is 1. The number of allylic oxidation sites excluding steroid dienone is 1. The largest absolute Gasteiger partial charge is 0.508 e. The number of phenolic OH excluding ortho intramolecular Hbond substituents is 1. The Balaban J connectivity index is 1.95. The number of hydrogen-bond acceptors (Lipinski definition) is 5. The highest BCUT2D eigenvalue weighted by atomic mass is 16.5. The number of rotatable bonds is 7. The van der Waals surface area contributed by atoms with Crippen LogP contribution < -0.4 is 5.32 Å². The molecule has 0 radical (unpaired) electrons. The summed E-state index contributed by atoms with van der Waals surface area (Å²) in [6, 6.07) is 9.50. The number of hydrogen-bond donors (Lipinski definition) is 2. The molecule has 23 heavy (non-hydrogen) atoms. The van der Waals surface area contributed by atoms with Crippen LogP contribution in [0.4, 0.5) is 0 Å². The van der Waals surface area contributed by atoms with Crippen LogP contribution in [0.2, 0.25) is 0 Å². The molecule has 2 rings (SSSR count). The highest BCUT2D eigenvalue weighted by molar-refractivity contribution is 5.32. The lowest BCUT2D eigenvalue weighted by atomic mass is 9.81. The molecule has 5 heteroatoms. The molecule has 0 amide bonds. The summed E-state index contributed by atoms with van der Waals surface area (Å²) in [6.45, 7) is 1.22. The Bertz CT molecular complexity index is 633. The van der Waals surface area contributed by atoms with Crippen molar-refractivity contribution in [2.24, 2.45) is 5.92 Å². The number of nitriles is 1. The normalized spacial score (nSPS) is 23.2. The van der Waals surface area contributed by atoms with E-state index in [-0.39, 0.29) is 5.75 Å². The van der Waals surface area contributed by atoms with Crippen molar-refractivity contribution in [3.63, 3.8) is 0 Å². The fourth-order valence-electron chi connectivity index (χ4n) is 2.67. The quantitative estimate of drug-likeness (QED) is 0.756. The van der Waals surface area contributed by atoms with Gasteiger partial charge in [-0.2, -0.15) is 5.26 Å². The Morgan fingerprint density at radius 3 is 2.78 bits per heavy atom. The molecule has 0 heterocycles. The average molecular weight is 314 g/mol. The second-order valence-electron chi connectivity index (χ2n) is 5.43. The second-order valence-corrected chi connectivity index (χ2v) is 5.43. The van der Waals surface area contributed by atoms with Crippen LogP contribution in [0, 0.1) is 17.2 Å². The number of ether oxygens (including phenoxy) is 2. The Hall–Kier alpha value is -2.29. The second kappa shape index (κ2) is 7.82. The first kappa shape index (κ1) is 17.1. The highest BCUT2D eigenvalue weighted by Gasteiger charge is 2.37. The van der Waals surface area contributed by atoms with Gasteiger partial charge in [-0.3, -0.25) is 0 Å². The Kier molecular flexibility index (Phi) is 5.80. The third kappa shape index (κ3) is 3.92. The molecule has 0 saturated carbocycles. The lowest BCUT2D eigenvalue weighted by Crippen LogP contribution is -2.41. The lowest BCUT2D eigenvalue weighted by Gasteiger charge is -2.34. The number of benzene rings is 1. The van der Waals surface area contributed by atoms with Gasteiger partial charge >= 0.3 is 0 Å². The van der Waals surface area contributed by atoms with Gasteiger partial charge in [-0.25, -0.2) is 0 Å². The van der Waals surface area contributed by atoms with Crippen molar-refractivity contribution in [2.45, 2.75) is 18.6 Å². The first-order chi connectivity index (χ1) is 11.1. The van der Waals surface area contributed by atoms with Crippen LogP contribution in [0.3, 0.4) is 0 Å². The van der Waals surface area contributed by atoms with Crippen LogP contribution in [0.15, 0.2) is 48.3 Å². The van der Waals surface area contributed by atoms with E-state index in [9.17, 15) is 10.4 Å². The molecule has 0 bridgehead atoms. The molecule has 0 spiro atoms. The Morgan fingerprint density at radius 1 is 1.35 bits per heavy atom. The van der Waals surface area contributed by atoms with Crippen LogP contribution in [0.1, 0.15) is 12.0 Å². The molecule has 0 aromatic heterocycles. The summed E-state index contributed by atoms with van der Waals surface area (Å²) in [5.41, 5.74) is 0.180. The lowest BCUT2D eigenvalue weighted by molar-refractivity contribution is 0.00351. The summed E-state index contributed by atoms with van der Waals surface area (Å²) in [7, 11) is 3.20. The molecule has 0 saturated heterocycles. The minimum atomic E-state index is -0.664. The minimum absolute atomic E-state index is 0.279. The first-order valence-electron chi connectivity index (χ1n) is 7.52. The molecular formula is C18H22N2O3. The maximum atomic E-state index is 9.75. The molecule has 1 aromatic carbocycles. The Morgan fingerprint density at radius 2 is 2.13 bits per heavy atom. The van der Waals surface area contributed by atoms with Gasteiger partial charge in [-0.15, -0.1) is 0 Å². The van der Waals surface area contributed by atoms with Crippen molar-refractivity contribution < 1.29 is 14.6 Å². The predicted molar refractivity (Wildman–Crippen MR) is 87.5 cm³/mol. The van der Waals surface area contributed by atoms with Gasteiger partial charge in [0, 0.05) is 19.2 Å².